The normalized spacial score (nSPS) is 17.6. The molecule has 1 rings (SSSR count). The standard InChI is InChI=1S/C11H21N3.2C2H6.H2O/c1-3-11(7-9(2)14-12)13-8-10-5-4-6-10;2*1-2;/h4-5,7,10-11,13-14H,3,6,8,12H2,1-2H3;2*1-2H3;1H2/b9-7+;;;. The molecule has 1 aliphatic rings. The Bertz CT molecular complexity index is 227. The largest absolute Gasteiger partial charge is 0.412 e. The molecular formula is C15H35N3O. The van der Waals surface area contributed by atoms with Crippen LogP contribution >= 0.6 is 0 Å². The van der Waals surface area contributed by atoms with Gasteiger partial charge in [-0.2, -0.15) is 0 Å². The molecule has 0 saturated carbocycles. The van der Waals surface area contributed by atoms with Gasteiger partial charge in [-0.25, -0.2) is 0 Å². The van der Waals surface area contributed by atoms with Crippen LogP contribution in [0.4, 0.5) is 0 Å². The monoisotopic (exact) mass is 273 g/mol. The van der Waals surface area contributed by atoms with E-state index in [1.165, 1.54) is 6.42 Å². The van der Waals surface area contributed by atoms with Crippen molar-refractivity contribution in [3.8, 4) is 0 Å². The van der Waals surface area contributed by atoms with Gasteiger partial charge in [0.15, 0.2) is 0 Å². The van der Waals surface area contributed by atoms with Crippen LogP contribution in [0.3, 0.4) is 0 Å². The Morgan fingerprint density at radius 2 is 1.89 bits per heavy atom. The van der Waals surface area contributed by atoms with Crippen molar-refractivity contribution >= 4 is 0 Å². The number of allylic oxidation sites excluding steroid dienone is 2. The van der Waals surface area contributed by atoms with Crippen molar-refractivity contribution in [2.75, 3.05) is 6.54 Å². The van der Waals surface area contributed by atoms with Crippen LogP contribution in [0.15, 0.2) is 23.9 Å². The Morgan fingerprint density at radius 3 is 2.21 bits per heavy atom. The van der Waals surface area contributed by atoms with Gasteiger partial charge < -0.3 is 16.2 Å². The smallest absolute Gasteiger partial charge is 0.0267 e. The molecule has 0 aromatic carbocycles. The third-order valence-electron chi connectivity index (χ3n) is 2.61. The molecule has 4 nitrogen and oxygen atoms in total. The van der Waals surface area contributed by atoms with Crippen molar-refractivity contribution in [3.63, 3.8) is 0 Å². The quantitative estimate of drug-likeness (QED) is 0.395. The maximum atomic E-state index is 5.31. The summed E-state index contributed by atoms with van der Waals surface area (Å²) in [6.45, 7) is 13.2. The summed E-state index contributed by atoms with van der Waals surface area (Å²) in [6, 6.07) is 0.431. The first-order valence-corrected chi connectivity index (χ1v) is 7.31. The first kappa shape index (κ1) is 23.3. The highest BCUT2D eigenvalue weighted by molar-refractivity contribution is 5.05. The second-order valence-corrected chi connectivity index (χ2v) is 3.84. The predicted molar refractivity (Wildman–Crippen MR) is 86.7 cm³/mol. The minimum atomic E-state index is 0. The number of rotatable bonds is 6. The van der Waals surface area contributed by atoms with Crippen LogP contribution in [0, 0.1) is 5.92 Å². The molecule has 0 aromatic rings. The van der Waals surface area contributed by atoms with Crippen molar-refractivity contribution in [3.05, 3.63) is 23.9 Å². The van der Waals surface area contributed by atoms with Gasteiger partial charge in [0.25, 0.3) is 0 Å². The molecule has 0 radical (unpaired) electrons. The molecule has 2 atom stereocenters. The number of nitrogens with two attached hydrogens (primary N) is 1. The van der Waals surface area contributed by atoms with Crippen molar-refractivity contribution < 1.29 is 5.48 Å². The van der Waals surface area contributed by atoms with Crippen LogP contribution in [0.2, 0.25) is 0 Å². The Kier molecular flexibility index (Phi) is 21.0. The summed E-state index contributed by atoms with van der Waals surface area (Å²) in [5.41, 5.74) is 3.67. The summed E-state index contributed by atoms with van der Waals surface area (Å²) < 4.78 is 0. The highest BCUT2D eigenvalue weighted by Crippen LogP contribution is 2.15. The van der Waals surface area contributed by atoms with E-state index in [-0.39, 0.29) is 5.48 Å². The van der Waals surface area contributed by atoms with E-state index in [1.807, 2.05) is 34.6 Å². The van der Waals surface area contributed by atoms with Crippen LogP contribution in [0.5, 0.6) is 0 Å². The molecule has 0 spiro atoms. The first-order chi connectivity index (χ1) is 8.76. The molecule has 0 aliphatic heterocycles. The lowest BCUT2D eigenvalue weighted by molar-refractivity contribution is 0.487. The van der Waals surface area contributed by atoms with Crippen LogP contribution in [-0.4, -0.2) is 18.1 Å². The fraction of sp³-hybridized carbons (Fsp3) is 0.733. The van der Waals surface area contributed by atoms with Gasteiger partial charge in [-0.3, -0.25) is 5.84 Å². The van der Waals surface area contributed by atoms with E-state index in [9.17, 15) is 0 Å². The summed E-state index contributed by atoms with van der Waals surface area (Å²) in [4.78, 5) is 0. The molecule has 0 bridgehead atoms. The summed E-state index contributed by atoms with van der Waals surface area (Å²) in [7, 11) is 0. The average Bonchev–Trinajstić information content (AvgIpc) is 2.40. The van der Waals surface area contributed by atoms with Crippen molar-refractivity contribution in [2.24, 2.45) is 11.8 Å². The molecule has 19 heavy (non-hydrogen) atoms. The van der Waals surface area contributed by atoms with E-state index in [1.54, 1.807) is 0 Å². The SMILES string of the molecule is CC.CC.CCC(/C=C(\C)NN)NCC1C=CC1.O. The molecule has 0 aromatic heterocycles. The van der Waals surface area contributed by atoms with Gasteiger partial charge in [0.2, 0.25) is 0 Å². The molecule has 0 amide bonds. The maximum Gasteiger partial charge on any atom is 0.0267 e. The molecular weight excluding hydrogens is 238 g/mol. The zero-order valence-corrected chi connectivity index (χ0v) is 13.6. The van der Waals surface area contributed by atoms with Gasteiger partial charge in [-0.15, -0.1) is 0 Å². The average molecular weight is 273 g/mol. The van der Waals surface area contributed by atoms with Crippen LogP contribution in [0.25, 0.3) is 0 Å². The lowest BCUT2D eigenvalue weighted by atomic mass is 9.95. The lowest BCUT2D eigenvalue weighted by Gasteiger charge is -2.21. The Balaban J connectivity index is -0.000000467. The van der Waals surface area contributed by atoms with Gasteiger partial charge in [-0.05, 0) is 31.8 Å². The van der Waals surface area contributed by atoms with E-state index in [2.05, 4.69) is 35.9 Å². The lowest BCUT2D eigenvalue weighted by Crippen LogP contribution is -2.33. The van der Waals surface area contributed by atoms with Gasteiger partial charge in [0.05, 0.1) is 0 Å². The van der Waals surface area contributed by atoms with Crippen LogP contribution in [0.1, 0.15) is 54.4 Å². The molecule has 0 heterocycles. The molecule has 2 unspecified atom stereocenters. The number of hydrogen-bond donors (Lipinski definition) is 3. The van der Waals surface area contributed by atoms with Gasteiger partial charge in [0.1, 0.15) is 0 Å². The number of hydrogen-bond acceptors (Lipinski definition) is 3. The summed E-state index contributed by atoms with van der Waals surface area (Å²) >= 11 is 0. The summed E-state index contributed by atoms with van der Waals surface area (Å²) in [5, 5.41) is 3.51. The zero-order chi connectivity index (χ0) is 14.4. The van der Waals surface area contributed by atoms with Gasteiger partial charge in [0, 0.05) is 18.3 Å². The minimum absolute atomic E-state index is 0. The Labute approximate surface area is 119 Å². The highest BCUT2D eigenvalue weighted by atomic mass is 16.0. The van der Waals surface area contributed by atoms with Gasteiger partial charge in [-0.1, -0.05) is 46.8 Å². The number of hydrazine groups is 1. The fourth-order valence-corrected chi connectivity index (χ4v) is 1.45. The third-order valence-corrected chi connectivity index (χ3v) is 2.61. The zero-order valence-electron chi connectivity index (χ0n) is 13.6. The highest BCUT2D eigenvalue weighted by Gasteiger charge is 2.11. The third kappa shape index (κ3) is 12.0. The molecule has 1 aliphatic carbocycles. The molecule has 4 heteroatoms. The second kappa shape index (κ2) is 17.2. The number of nitrogens with one attached hydrogen (secondary N) is 2. The minimum Gasteiger partial charge on any atom is -0.412 e. The van der Waals surface area contributed by atoms with E-state index < -0.39 is 0 Å². The van der Waals surface area contributed by atoms with E-state index in [0.717, 1.165) is 24.6 Å². The van der Waals surface area contributed by atoms with Crippen LogP contribution in [-0.2, 0) is 0 Å². The topological polar surface area (TPSA) is 81.6 Å². The molecule has 0 fully saturated rings. The summed E-state index contributed by atoms with van der Waals surface area (Å²) in [6.07, 6.45) is 8.94. The second-order valence-electron chi connectivity index (χ2n) is 3.84. The first-order valence-electron chi connectivity index (χ1n) is 7.31. The van der Waals surface area contributed by atoms with Crippen molar-refractivity contribution in [1.29, 1.82) is 0 Å². The fourth-order valence-electron chi connectivity index (χ4n) is 1.45. The van der Waals surface area contributed by atoms with E-state index in [4.69, 9.17) is 5.84 Å². The maximum absolute atomic E-state index is 5.31. The molecule has 0 saturated heterocycles. The Morgan fingerprint density at radius 1 is 1.37 bits per heavy atom. The van der Waals surface area contributed by atoms with Gasteiger partial charge >= 0.3 is 0 Å². The predicted octanol–water partition coefficient (Wildman–Crippen LogP) is 2.53. The van der Waals surface area contributed by atoms with E-state index in [0.29, 0.717) is 6.04 Å². The molecule has 116 valence electrons. The van der Waals surface area contributed by atoms with Crippen molar-refractivity contribution in [2.45, 2.75) is 60.4 Å². The Hall–Kier alpha value is -0.840. The molecule has 6 N–H and O–H groups in total. The van der Waals surface area contributed by atoms with E-state index >= 15 is 0 Å². The van der Waals surface area contributed by atoms with Crippen LogP contribution < -0.4 is 16.6 Å². The van der Waals surface area contributed by atoms with Crippen molar-refractivity contribution in [1.82, 2.24) is 10.7 Å². The summed E-state index contributed by atoms with van der Waals surface area (Å²) in [5.74, 6) is 6.05.